The number of nitrogens with one attached hydrogen (secondary N) is 1. The third-order valence-corrected chi connectivity index (χ3v) is 3.46. The molecule has 1 aromatic heterocycles. The molecule has 2 heterocycles. The highest BCUT2D eigenvalue weighted by atomic mass is 19.1. The molecular formula is C14H15FN2. The predicted molar refractivity (Wildman–Crippen MR) is 66.5 cm³/mol. The van der Waals surface area contributed by atoms with E-state index in [4.69, 9.17) is 0 Å². The largest absolute Gasteiger partial charge is 0.317 e. The van der Waals surface area contributed by atoms with E-state index in [1.807, 2.05) is 6.07 Å². The van der Waals surface area contributed by atoms with Gasteiger partial charge in [-0.05, 0) is 49.5 Å². The summed E-state index contributed by atoms with van der Waals surface area (Å²) in [7, 11) is 0. The Hall–Kier alpha value is -1.48. The highest BCUT2D eigenvalue weighted by molar-refractivity contribution is 5.82. The molecule has 1 N–H and O–H groups in total. The maximum atomic E-state index is 13.1. The van der Waals surface area contributed by atoms with Gasteiger partial charge in [0.15, 0.2) is 0 Å². The molecule has 3 rings (SSSR count). The average molecular weight is 230 g/mol. The lowest BCUT2D eigenvalue weighted by atomic mass is 9.93. The van der Waals surface area contributed by atoms with E-state index in [0.29, 0.717) is 5.92 Å². The zero-order chi connectivity index (χ0) is 11.7. The monoisotopic (exact) mass is 230 g/mol. The van der Waals surface area contributed by atoms with E-state index >= 15 is 0 Å². The van der Waals surface area contributed by atoms with E-state index in [9.17, 15) is 4.39 Å². The molecule has 0 spiro atoms. The van der Waals surface area contributed by atoms with Gasteiger partial charge < -0.3 is 5.32 Å². The molecule has 1 aliphatic heterocycles. The number of piperidine rings is 1. The minimum Gasteiger partial charge on any atom is -0.317 e. The minimum absolute atomic E-state index is 0.200. The Balaban J connectivity index is 1.98. The fourth-order valence-corrected chi connectivity index (χ4v) is 2.47. The Labute approximate surface area is 99.9 Å². The van der Waals surface area contributed by atoms with Gasteiger partial charge in [0.2, 0.25) is 0 Å². The number of pyridine rings is 1. The number of fused-ring (bicyclic) bond motifs is 1. The van der Waals surface area contributed by atoms with Crippen LogP contribution in [0, 0.1) is 5.82 Å². The second-order valence-corrected chi connectivity index (χ2v) is 4.62. The number of benzene rings is 1. The zero-order valence-electron chi connectivity index (χ0n) is 9.62. The smallest absolute Gasteiger partial charge is 0.123 e. The van der Waals surface area contributed by atoms with Crippen molar-refractivity contribution in [1.82, 2.24) is 10.3 Å². The van der Waals surface area contributed by atoms with Crippen molar-refractivity contribution in [2.24, 2.45) is 0 Å². The van der Waals surface area contributed by atoms with Crippen molar-refractivity contribution in [3.05, 3.63) is 42.0 Å². The van der Waals surface area contributed by atoms with Gasteiger partial charge >= 0.3 is 0 Å². The maximum absolute atomic E-state index is 13.1. The summed E-state index contributed by atoms with van der Waals surface area (Å²) in [6.45, 7) is 2.13. The van der Waals surface area contributed by atoms with Crippen LogP contribution in [0.4, 0.5) is 4.39 Å². The summed E-state index contributed by atoms with van der Waals surface area (Å²) in [5.41, 5.74) is 1.14. The number of rotatable bonds is 1. The van der Waals surface area contributed by atoms with E-state index in [-0.39, 0.29) is 5.82 Å². The number of hydrogen-bond acceptors (Lipinski definition) is 2. The molecule has 1 saturated heterocycles. The molecule has 1 aliphatic rings. The molecule has 3 heteroatoms. The molecule has 0 saturated carbocycles. The molecule has 0 radical (unpaired) electrons. The van der Waals surface area contributed by atoms with Gasteiger partial charge in [0.05, 0.1) is 0 Å². The Kier molecular flexibility index (Phi) is 2.77. The van der Waals surface area contributed by atoms with Crippen molar-refractivity contribution in [2.75, 3.05) is 13.1 Å². The lowest BCUT2D eigenvalue weighted by Crippen LogP contribution is -2.27. The molecule has 0 bridgehead atoms. The minimum atomic E-state index is -0.200. The summed E-state index contributed by atoms with van der Waals surface area (Å²) >= 11 is 0. The molecule has 1 fully saturated rings. The topological polar surface area (TPSA) is 24.9 Å². The van der Waals surface area contributed by atoms with Gasteiger partial charge in [-0.25, -0.2) is 4.39 Å². The predicted octanol–water partition coefficient (Wildman–Crippen LogP) is 2.84. The third-order valence-electron chi connectivity index (χ3n) is 3.46. The number of hydrogen-bond donors (Lipinski definition) is 1. The normalized spacial score (nSPS) is 17.5. The van der Waals surface area contributed by atoms with Gasteiger partial charge in [-0.1, -0.05) is 6.07 Å². The first-order valence-corrected chi connectivity index (χ1v) is 6.09. The number of aromatic nitrogens is 1. The quantitative estimate of drug-likeness (QED) is 0.814. The van der Waals surface area contributed by atoms with Gasteiger partial charge in [0, 0.05) is 23.2 Å². The molecule has 88 valence electrons. The van der Waals surface area contributed by atoms with Crippen molar-refractivity contribution in [3.8, 4) is 0 Å². The summed E-state index contributed by atoms with van der Waals surface area (Å²) in [5.74, 6) is 0.347. The van der Waals surface area contributed by atoms with Gasteiger partial charge in [-0.2, -0.15) is 0 Å². The van der Waals surface area contributed by atoms with Crippen LogP contribution in [0.2, 0.25) is 0 Å². The highest BCUT2D eigenvalue weighted by Crippen LogP contribution is 2.26. The van der Waals surface area contributed by atoms with Crippen molar-refractivity contribution >= 4 is 10.8 Å². The Bertz CT molecular complexity index is 533. The van der Waals surface area contributed by atoms with E-state index < -0.39 is 0 Å². The van der Waals surface area contributed by atoms with E-state index in [1.165, 1.54) is 12.1 Å². The van der Waals surface area contributed by atoms with Gasteiger partial charge in [-0.15, -0.1) is 0 Å². The number of halogens is 1. The van der Waals surface area contributed by atoms with E-state index in [1.54, 1.807) is 6.20 Å². The van der Waals surface area contributed by atoms with Gasteiger partial charge in [-0.3, -0.25) is 4.98 Å². The summed E-state index contributed by atoms with van der Waals surface area (Å²) in [5, 5.41) is 5.31. The van der Waals surface area contributed by atoms with Gasteiger partial charge in [0.25, 0.3) is 0 Å². The highest BCUT2D eigenvalue weighted by Gasteiger charge is 2.16. The zero-order valence-corrected chi connectivity index (χ0v) is 9.62. The standard InChI is InChI=1S/C14H15FN2/c15-13-2-1-11-8-14(17-9-12(11)7-13)10-3-5-16-6-4-10/h1-2,7-10,16H,3-6H2. The molecule has 2 aromatic rings. The van der Waals surface area contributed by atoms with Crippen LogP contribution >= 0.6 is 0 Å². The molecule has 0 atom stereocenters. The Morgan fingerprint density at radius 3 is 2.76 bits per heavy atom. The Morgan fingerprint density at radius 2 is 1.94 bits per heavy atom. The van der Waals surface area contributed by atoms with Crippen LogP contribution in [-0.2, 0) is 0 Å². The van der Waals surface area contributed by atoms with Crippen molar-refractivity contribution < 1.29 is 4.39 Å². The molecular weight excluding hydrogens is 215 g/mol. The lowest BCUT2D eigenvalue weighted by Gasteiger charge is -2.22. The first-order chi connectivity index (χ1) is 8.33. The fourth-order valence-electron chi connectivity index (χ4n) is 2.47. The van der Waals surface area contributed by atoms with Crippen LogP contribution in [0.25, 0.3) is 10.8 Å². The second kappa shape index (κ2) is 4.41. The van der Waals surface area contributed by atoms with E-state index in [0.717, 1.165) is 42.4 Å². The molecule has 0 amide bonds. The Morgan fingerprint density at radius 1 is 1.12 bits per heavy atom. The molecule has 2 nitrogen and oxygen atoms in total. The summed E-state index contributed by atoms with van der Waals surface area (Å²) in [6.07, 6.45) is 4.06. The molecule has 0 aliphatic carbocycles. The van der Waals surface area contributed by atoms with Crippen LogP contribution in [-0.4, -0.2) is 18.1 Å². The first-order valence-electron chi connectivity index (χ1n) is 6.09. The van der Waals surface area contributed by atoms with Crippen molar-refractivity contribution in [1.29, 1.82) is 0 Å². The summed E-state index contributed by atoms with van der Waals surface area (Å²) < 4.78 is 13.1. The number of nitrogens with zero attached hydrogens (tertiary/aromatic N) is 1. The molecule has 0 unspecified atom stereocenters. The van der Waals surface area contributed by atoms with Crippen LogP contribution < -0.4 is 5.32 Å². The maximum Gasteiger partial charge on any atom is 0.123 e. The van der Waals surface area contributed by atoms with Crippen molar-refractivity contribution in [3.63, 3.8) is 0 Å². The fraction of sp³-hybridized carbons (Fsp3) is 0.357. The molecule has 17 heavy (non-hydrogen) atoms. The third kappa shape index (κ3) is 2.15. The van der Waals surface area contributed by atoms with Crippen LogP contribution in [0.15, 0.2) is 30.5 Å². The first kappa shape index (κ1) is 10.7. The van der Waals surface area contributed by atoms with Gasteiger partial charge in [0.1, 0.15) is 5.82 Å². The van der Waals surface area contributed by atoms with Crippen molar-refractivity contribution in [2.45, 2.75) is 18.8 Å². The molecule has 1 aromatic carbocycles. The summed E-state index contributed by atoms with van der Waals surface area (Å²) in [6, 6.07) is 6.98. The van der Waals surface area contributed by atoms with E-state index in [2.05, 4.69) is 16.4 Å². The second-order valence-electron chi connectivity index (χ2n) is 4.62. The lowest BCUT2D eigenvalue weighted by molar-refractivity contribution is 0.453. The van der Waals surface area contributed by atoms with Crippen LogP contribution in [0.5, 0.6) is 0 Å². The van der Waals surface area contributed by atoms with Crippen LogP contribution in [0.3, 0.4) is 0 Å². The average Bonchev–Trinajstić information content (AvgIpc) is 2.39. The SMILES string of the molecule is Fc1ccc2cc(C3CCNCC3)ncc2c1. The van der Waals surface area contributed by atoms with Crippen LogP contribution in [0.1, 0.15) is 24.5 Å². The summed E-state index contributed by atoms with van der Waals surface area (Å²) in [4.78, 5) is 4.48.